The Kier molecular flexibility index (Phi) is 6.88. The van der Waals surface area contributed by atoms with Gasteiger partial charge in [-0.05, 0) is 37.8 Å². The van der Waals surface area contributed by atoms with Crippen LogP contribution in [0.25, 0.3) is 0 Å². The molecule has 2 heteroatoms. The summed E-state index contributed by atoms with van der Waals surface area (Å²) in [6.45, 7) is 4.75. The highest BCUT2D eigenvalue weighted by Gasteiger charge is 2.34. The SMILES string of the molecule is CCCCCCCNCC1CC1CBr. The van der Waals surface area contributed by atoms with Gasteiger partial charge in [0.15, 0.2) is 0 Å². The van der Waals surface area contributed by atoms with E-state index >= 15 is 0 Å². The molecule has 0 aromatic heterocycles. The lowest BCUT2D eigenvalue weighted by molar-refractivity contribution is 0.560. The van der Waals surface area contributed by atoms with Gasteiger partial charge in [-0.1, -0.05) is 48.5 Å². The molecule has 1 aliphatic carbocycles. The summed E-state index contributed by atoms with van der Waals surface area (Å²) >= 11 is 3.54. The van der Waals surface area contributed by atoms with Crippen molar-refractivity contribution >= 4 is 15.9 Å². The van der Waals surface area contributed by atoms with Gasteiger partial charge in [0.1, 0.15) is 0 Å². The molecule has 0 amide bonds. The fourth-order valence-electron chi connectivity index (χ4n) is 1.89. The zero-order valence-electron chi connectivity index (χ0n) is 9.40. The molecule has 1 saturated carbocycles. The minimum Gasteiger partial charge on any atom is -0.316 e. The number of halogens is 1. The Morgan fingerprint density at radius 1 is 1.14 bits per heavy atom. The second-order valence-electron chi connectivity index (χ2n) is 4.53. The highest BCUT2D eigenvalue weighted by molar-refractivity contribution is 9.09. The molecule has 2 unspecified atom stereocenters. The molecule has 0 spiro atoms. The molecule has 1 N–H and O–H groups in total. The second kappa shape index (κ2) is 7.70. The summed E-state index contributed by atoms with van der Waals surface area (Å²) in [5, 5.41) is 4.77. The Hall–Kier alpha value is 0.440. The van der Waals surface area contributed by atoms with Gasteiger partial charge >= 0.3 is 0 Å². The quantitative estimate of drug-likeness (QED) is 0.494. The first-order valence-electron chi connectivity index (χ1n) is 6.15. The van der Waals surface area contributed by atoms with Crippen LogP contribution < -0.4 is 5.32 Å². The monoisotopic (exact) mass is 261 g/mol. The Morgan fingerprint density at radius 2 is 1.93 bits per heavy atom. The van der Waals surface area contributed by atoms with Crippen LogP contribution in [0.1, 0.15) is 45.4 Å². The summed E-state index contributed by atoms with van der Waals surface area (Å²) in [6, 6.07) is 0. The predicted molar refractivity (Wildman–Crippen MR) is 67.0 cm³/mol. The number of hydrogen-bond acceptors (Lipinski definition) is 1. The second-order valence-corrected chi connectivity index (χ2v) is 5.18. The van der Waals surface area contributed by atoms with E-state index in [0.717, 1.165) is 11.8 Å². The molecular weight excluding hydrogens is 238 g/mol. The Bertz CT molecular complexity index is 138. The van der Waals surface area contributed by atoms with Gasteiger partial charge in [-0.25, -0.2) is 0 Å². The standard InChI is InChI=1S/C12H24BrN/c1-2-3-4-5-6-7-14-10-12-8-11(12)9-13/h11-12,14H,2-10H2,1H3. The largest absolute Gasteiger partial charge is 0.316 e. The minimum atomic E-state index is 0.975. The summed E-state index contributed by atoms with van der Waals surface area (Å²) in [5.74, 6) is 1.95. The molecule has 1 nitrogen and oxygen atoms in total. The van der Waals surface area contributed by atoms with Crippen molar-refractivity contribution in [2.75, 3.05) is 18.4 Å². The van der Waals surface area contributed by atoms with Gasteiger partial charge in [-0.3, -0.25) is 0 Å². The van der Waals surface area contributed by atoms with E-state index in [1.807, 2.05) is 0 Å². The van der Waals surface area contributed by atoms with Crippen LogP contribution in [0.15, 0.2) is 0 Å². The van der Waals surface area contributed by atoms with Crippen molar-refractivity contribution in [2.24, 2.45) is 11.8 Å². The van der Waals surface area contributed by atoms with Crippen molar-refractivity contribution in [3.8, 4) is 0 Å². The molecule has 0 radical (unpaired) electrons. The fraction of sp³-hybridized carbons (Fsp3) is 1.00. The van der Waals surface area contributed by atoms with Crippen molar-refractivity contribution in [2.45, 2.75) is 45.4 Å². The van der Waals surface area contributed by atoms with Crippen LogP contribution in [0, 0.1) is 11.8 Å². The van der Waals surface area contributed by atoms with Gasteiger partial charge in [0.25, 0.3) is 0 Å². The molecule has 84 valence electrons. The third-order valence-corrected chi connectivity index (χ3v) is 3.96. The van der Waals surface area contributed by atoms with E-state index < -0.39 is 0 Å². The lowest BCUT2D eigenvalue weighted by Gasteiger charge is -2.03. The number of hydrogen-bond donors (Lipinski definition) is 1. The topological polar surface area (TPSA) is 12.0 Å². The lowest BCUT2D eigenvalue weighted by Crippen LogP contribution is -2.18. The number of rotatable bonds is 9. The Labute approximate surface area is 97.2 Å². The smallest absolute Gasteiger partial charge is 0.00629 e. The van der Waals surface area contributed by atoms with Crippen molar-refractivity contribution in [1.82, 2.24) is 5.32 Å². The van der Waals surface area contributed by atoms with E-state index in [-0.39, 0.29) is 0 Å². The van der Waals surface area contributed by atoms with Gasteiger partial charge in [0, 0.05) is 5.33 Å². The average molecular weight is 262 g/mol. The summed E-state index contributed by atoms with van der Waals surface area (Å²) < 4.78 is 0. The first kappa shape index (κ1) is 12.5. The van der Waals surface area contributed by atoms with Gasteiger partial charge in [0.05, 0.1) is 0 Å². The summed E-state index contributed by atoms with van der Waals surface area (Å²) in [6.07, 6.45) is 8.40. The molecule has 0 heterocycles. The molecule has 1 aliphatic rings. The van der Waals surface area contributed by atoms with Crippen molar-refractivity contribution in [3.63, 3.8) is 0 Å². The van der Waals surface area contributed by atoms with Crippen LogP contribution in [-0.2, 0) is 0 Å². The number of nitrogens with one attached hydrogen (secondary N) is 1. The van der Waals surface area contributed by atoms with E-state index in [9.17, 15) is 0 Å². The van der Waals surface area contributed by atoms with E-state index in [1.54, 1.807) is 0 Å². The highest BCUT2D eigenvalue weighted by atomic mass is 79.9. The zero-order chi connectivity index (χ0) is 10.2. The number of alkyl halides is 1. The first-order chi connectivity index (χ1) is 6.88. The maximum Gasteiger partial charge on any atom is 0.00629 e. The molecule has 0 aromatic rings. The van der Waals surface area contributed by atoms with Crippen molar-refractivity contribution in [1.29, 1.82) is 0 Å². The molecule has 1 fully saturated rings. The van der Waals surface area contributed by atoms with Gasteiger partial charge in [0.2, 0.25) is 0 Å². The van der Waals surface area contributed by atoms with Gasteiger partial charge < -0.3 is 5.32 Å². The van der Waals surface area contributed by atoms with Crippen LogP contribution >= 0.6 is 15.9 Å². The molecule has 0 aromatic carbocycles. The van der Waals surface area contributed by atoms with Crippen LogP contribution in [0.5, 0.6) is 0 Å². The summed E-state index contributed by atoms with van der Waals surface area (Å²) in [4.78, 5) is 0. The minimum absolute atomic E-state index is 0.975. The Morgan fingerprint density at radius 3 is 2.57 bits per heavy atom. The van der Waals surface area contributed by atoms with Gasteiger partial charge in [-0.2, -0.15) is 0 Å². The van der Waals surface area contributed by atoms with E-state index in [1.165, 1.54) is 56.9 Å². The highest BCUT2D eigenvalue weighted by Crippen LogP contribution is 2.38. The maximum absolute atomic E-state index is 3.57. The predicted octanol–water partition coefficient (Wildman–Crippen LogP) is 3.58. The molecule has 2 atom stereocenters. The fourth-order valence-corrected chi connectivity index (χ4v) is 2.68. The molecule has 14 heavy (non-hydrogen) atoms. The van der Waals surface area contributed by atoms with Crippen LogP contribution in [-0.4, -0.2) is 18.4 Å². The zero-order valence-corrected chi connectivity index (χ0v) is 11.0. The molecule has 0 bridgehead atoms. The molecule has 0 aliphatic heterocycles. The van der Waals surface area contributed by atoms with Crippen LogP contribution in [0.3, 0.4) is 0 Å². The molecule has 0 saturated heterocycles. The summed E-state index contributed by atoms with van der Waals surface area (Å²) in [5.41, 5.74) is 0. The van der Waals surface area contributed by atoms with E-state index in [4.69, 9.17) is 0 Å². The lowest BCUT2D eigenvalue weighted by atomic mass is 10.1. The average Bonchev–Trinajstić information content (AvgIpc) is 2.95. The van der Waals surface area contributed by atoms with Crippen LogP contribution in [0.2, 0.25) is 0 Å². The van der Waals surface area contributed by atoms with Crippen molar-refractivity contribution < 1.29 is 0 Å². The third-order valence-electron chi connectivity index (χ3n) is 3.13. The third kappa shape index (κ3) is 5.35. The van der Waals surface area contributed by atoms with Crippen molar-refractivity contribution in [3.05, 3.63) is 0 Å². The van der Waals surface area contributed by atoms with Crippen LogP contribution in [0.4, 0.5) is 0 Å². The van der Waals surface area contributed by atoms with E-state index in [0.29, 0.717) is 0 Å². The molecule has 1 rings (SSSR count). The Balaban J connectivity index is 1.73. The number of unbranched alkanes of at least 4 members (excludes halogenated alkanes) is 4. The molecular formula is C12H24BrN. The van der Waals surface area contributed by atoms with E-state index in [2.05, 4.69) is 28.2 Å². The van der Waals surface area contributed by atoms with Gasteiger partial charge in [-0.15, -0.1) is 0 Å². The summed E-state index contributed by atoms with van der Waals surface area (Å²) in [7, 11) is 0. The normalized spacial score (nSPS) is 25.3. The first-order valence-corrected chi connectivity index (χ1v) is 7.27. The maximum atomic E-state index is 3.57.